The first-order chi connectivity index (χ1) is 11.4. The van der Waals surface area contributed by atoms with Gasteiger partial charge in [-0.2, -0.15) is 0 Å². The summed E-state index contributed by atoms with van der Waals surface area (Å²) in [7, 11) is 1.81. The molecule has 1 atom stereocenters. The number of carbonyl (C=O) groups is 2. The van der Waals surface area contributed by atoms with E-state index in [1.807, 2.05) is 19.2 Å². The normalized spacial score (nSPS) is 18.2. The number of primary amides is 1. The van der Waals surface area contributed by atoms with Crippen molar-refractivity contribution in [2.45, 2.75) is 25.9 Å². The Kier molecular flexibility index (Phi) is 6.28. The number of aromatic nitrogens is 1. The van der Waals surface area contributed by atoms with Gasteiger partial charge in [0.05, 0.1) is 19.3 Å². The van der Waals surface area contributed by atoms with E-state index in [-0.39, 0.29) is 30.4 Å². The Morgan fingerprint density at radius 2 is 2.21 bits per heavy atom. The molecule has 1 unspecified atom stereocenters. The summed E-state index contributed by atoms with van der Waals surface area (Å²) in [5.41, 5.74) is 6.57. The molecule has 0 spiro atoms. The molecule has 132 valence electrons. The molecule has 0 radical (unpaired) electrons. The predicted molar refractivity (Wildman–Crippen MR) is 90.7 cm³/mol. The highest BCUT2D eigenvalue weighted by atomic mass is 16.5. The van der Waals surface area contributed by atoms with E-state index >= 15 is 0 Å². The average molecular weight is 334 g/mol. The van der Waals surface area contributed by atoms with Crippen LogP contribution >= 0.6 is 0 Å². The minimum atomic E-state index is -0.379. The highest BCUT2D eigenvalue weighted by molar-refractivity contribution is 5.92. The number of likely N-dealkylation sites (N-methyl/N-ethyl adjacent to an activating group) is 1. The molecule has 0 bridgehead atoms. The van der Waals surface area contributed by atoms with Crippen molar-refractivity contribution in [2.75, 3.05) is 39.8 Å². The molecule has 7 heteroatoms. The molecule has 1 aliphatic heterocycles. The second-order valence-corrected chi connectivity index (χ2v) is 6.51. The van der Waals surface area contributed by atoms with Crippen LogP contribution in [0.4, 0.5) is 0 Å². The fraction of sp³-hybridized carbons (Fsp3) is 0.588. The lowest BCUT2D eigenvalue weighted by Gasteiger charge is -2.34. The molecule has 2 heterocycles. The van der Waals surface area contributed by atoms with Crippen LogP contribution in [-0.2, 0) is 9.53 Å². The zero-order valence-electron chi connectivity index (χ0n) is 14.6. The highest BCUT2D eigenvalue weighted by Gasteiger charge is 2.27. The maximum absolute atomic E-state index is 12.7. The number of pyridine rings is 1. The number of nitrogens with two attached hydrogens (primary N) is 1. The van der Waals surface area contributed by atoms with E-state index in [1.165, 1.54) is 0 Å². The summed E-state index contributed by atoms with van der Waals surface area (Å²) in [4.78, 5) is 31.7. The summed E-state index contributed by atoms with van der Waals surface area (Å²) < 4.78 is 5.70. The zero-order chi connectivity index (χ0) is 17.7. The third-order valence-electron chi connectivity index (χ3n) is 3.95. The van der Waals surface area contributed by atoms with E-state index in [1.54, 1.807) is 15.9 Å². The molecule has 1 saturated heterocycles. The van der Waals surface area contributed by atoms with E-state index in [0.717, 1.165) is 5.69 Å². The molecular weight excluding hydrogens is 308 g/mol. The minimum Gasteiger partial charge on any atom is -0.373 e. The van der Waals surface area contributed by atoms with Gasteiger partial charge in [0.25, 0.3) is 5.91 Å². The van der Waals surface area contributed by atoms with Gasteiger partial charge in [-0.3, -0.25) is 14.5 Å². The number of nitrogens with zero attached hydrogens (tertiary/aromatic N) is 3. The van der Waals surface area contributed by atoms with Crippen LogP contribution in [0.5, 0.6) is 0 Å². The van der Waals surface area contributed by atoms with Crippen molar-refractivity contribution in [3.63, 3.8) is 0 Å². The van der Waals surface area contributed by atoms with E-state index in [2.05, 4.69) is 18.8 Å². The topological polar surface area (TPSA) is 88.8 Å². The molecule has 0 saturated carbocycles. The standard InChI is InChI=1S/C17H26N4O3/c1-12(2)14-5-4-6-15(19-14)17(23)21-7-8-24-13(10-21)9-20(3)11-16(18)22/h4-6,12-13H,7-11H2,1-3H3,(H2,18,22). The zero-order valence-corrected chi connectivity index (χ0v) is 14.6. The van der Waals surface area contributed by atoms with Gasteiger partial charge in [-0.25, -0.2) is 4.98 Å². The van der Waals surface area contributed by atoms with Crippen LogP contribution < -0.4 is 5.73 Å². The third kappa shape index (κ3) is 5.01. The SMILES string of the molecule is CC(C)c1cccc(C(=O)N2CCOC(CN(C)CC(N)=O)C2)n1. The fourth-order valence-corrected chi connectivity index (χ4v) is 2.75. The van der Waals surface area contributed by atoms with Crippen LogP contribution in [0.15, 0.2) is 18.2 Å². The van der Waals surface area contributed by atoms with Crippen molar-refractivity contribution in [3.8, 4) is 0 Å². The van der Waals surface area contributed by atoms with Crippen molar-refractivity contribution >= 4 is 11.8 Å². The molecule has 1 aliphatic rings. The quantitative estimate of drug-likeness (QED) is 0.816. The molecule has 2 amide bonds. The minimum absolute atomic E-state index is 0.0802. The Balaban J connectivity index is 1.99. The van der Waals surface area contributed by atoms with E-state index in [4.69, 9.17) is 10.5 Å². The van der Waals surface area contributed by atoms with Crippen molar-refractivity contribution in [1.29, 1.82) is 0 Å². The van der Waals surface area contributed by atoms with Gasteiger partial charge in [0.15, 0.2) is 0 Å². The van der Waals surface area contributed by atoms with Crippen LogP contribution in [0, 0.1) is 0 Å². The molecule has 0 aromatic carbocycles. The van der Waals surface area contributed by atoms with Gasteiger partial charge >= 0.3 is 0 Å². The second kappa shape index (κ2) is 8.21. The van der Waals surface area contributed by atoms with Gasteiger partial charge in [0.2, 0.25) is 5.91 Å². The van der Waals surface area contributed by atoms with Gasteiger partial charge in [0.1, 0.15) is 5.69 Å². The number of rotatable bonds is 6. The summed E-state index contributed by atoms with van der Waals surface area (Å²) in [5, 5.41) is 0. The first-order valence-electron chi connectivity index (χ1n) is 8.21. The molecule has 24 heavy (non-hydrogen) atoms. The van der Waals surface area contributed by atoms with Crippen LogP contribution in [0.3, 0.4) is 0 Å². The van der Waals surface area contributed by atoms with Gasteiger partial charge in [-0.15, -0.1) is 0 Å². The molecule has 1 aromatic rings. The summed E-state index contributed by atoms with van der Waals surface area (Å²) in [5.74, 6) is -0.183. The lowest BCUT2D eigenvalue weighted by molar-refractivity contribution is -0.119. The Morgan fingerprint density at radius 3 is 2.88 bits per heavy atom. The average Bonchev–Trinajstić information content (AvgIpc) is 2.53. The number of ether oxygens (including phenoxy) is 1. The predicted octanol–water partition coefficient (Wildman–Crippen LogP) is 0.463. The van der Waals surface area contributed by atoms with Gasteiger partial charge < -0.3 is 15.4 Å². The smallest absolute Gasteiger partial charge is 0.272 e. The van der Waals surface area contributed by atoms with Crippen molar-refractivity contribution < 1.29 is 14.3 Å². The fourth-order valence-electron chi connectivity index (χ4n) is 2.75. The molecular formula is C17H26N4O3. The van der Waals surface area contributed by atoms with Crippen molar-refractivity contribution in [1.82, 2.24) is 14.8 Å². The summed E-state index contributed by atoms with van der Waals surface area (Å²) in [6.45, 7) is 6.33. The Hall–Kier alpha value is -1.99. The van der Waals surface area contributed by atoms with E-state index in [9.17, 15) is 9.59 Å². The maximum Gasteiger partial charge on any atom is 0.272 e. The number of amides is 2. The van der Waals surface area contributed by atoms with Crippen LogP contribution in [0.1, 0.15) is 35.9 Å². The van der Waals surface area contributed by atoms with Crippen LogP contribution in [0.2, 0.25) is 0 Å². The van der Waals surface area contributed by atoms with Crippen LogP contribution in [0.25, 0.3) is 0 Å². The van der Waals surface area contributed by atoms with Crippen LogP contribution in [-0.4, -0.2) is 72.5 Å². The van der Waals surface area contributed by atoms with E-state index < -0.39 is 0 Å². The third-order valence-corrected chi connectivity index (χ3v) is 3.95. The lowest BCUT2D eigenvalue weighted by Crippen LogP contribution is -2.50. The second-order valence-electron chi connectivity index (χ2n) is 6.51. The van der Waals surface area contributed by atoms with E-state index in [0.29, 0.717) is 31.9 Å². The molecule has 0 aliphatic carbocycles. The Morgan fingerprint density at radius 1 is 1.46 bits per heavy atom. The van der Waals surface area contributed by atoms with Crippen molar-refractivity contribution in [2.24, 2.45) is 5.73 Å². The molecule has 7 nitrogen and oxygen atoms in total. The van der Waals surface area contributed by atoms with Gasteiger partial charge in [-0.05, 0) is 25.1 Å². The first-order valence-corrected chi connectivity index (χ1v) is 8.21. The monoisotopic (exact) mass is 334 g/mol. The lowest BCUT2D eigenvalue weighted by atomic mass is 10.1. The number of carbonyl (C=O) groups excluding carboxylic acids is 2. The van der Waals surface area contributed by atoms with Gasteiger partial charge in [-0.1, -0.05) is 19.9 Å². The number of morpholine rings is 1. The van der Waals surface area contributed by atoms with Gasteiger partial charge in [0, 0.05) is 25.3 Å². The Bertz CT molecular complexity index is 591. The van der Waals surface area contributed by atoms with Crippen molar-refractivity contribution in [3.05, 3.63) is 29.6 Å². The summed E-state index contributed by atoms with van der Waals surface area (Å²) >= 11 is 0. The molecule has 2 rings (SSSR count). The first kappa shape index (κ1) is 18.4. The summed E-state index contributed by atoms with van der Waals surface area (Å²) in [6.07, 6.45) is -0.139. The maximum atomic E-state index is 12.7. The molecule has 1 fully saturated rings. The number of hydrogen-bond acceptors (Lipinski definition) is 5. The molecule has 2 N–H and O–H groups in total. The largest absolute Gasteiger partial charge is 0.373 e. The summed E-state index contributed by atoms with van der Waals surface area (Å²) in [6, 6.07) is 5.55. The molecule has 1 aromatic heterocycles. The highest BCUT2D eigenvalue weighted by Crippen LogP contribution is 2.14. The number of hydrogen-bond donors (Lipinski definition) is 1. The Labute approximate surface area is 142 Å².